The van der Waals surface area contributed by atoms with E-state index >= 15 is 0 Å². The Kier molecular flexibility index (Phi) is 4.29. The van der Waals surface area contributed by atoms with Crippen molar-refractivity contribution in [3.05, 3.63) is 22.4 Å². The standard InChI is InChI=1S/C16H22N2O2S/c1-12-6-9-17(10-7-12)15(19)13-4-2-8-18(13)16(20)14-5-3-11-21-14/h3,5,11-13H,2,4,6-10H2,1H3. The summed E-state index contributed by atoms with van der Waals surface area (Å²) in [4.78, 5) is 29.7. The van der Waals surface area contributed by atoms with Gasteiger partial charge in [-0.05, 0) is 43.0 Å². The van der Waals surface area contributed by atoms with Crippen molar-refractivity contribution in [3.8, 4) is 0 Å². The van der Waals surface area contributed by atoms with Crippen molar-refractivity contribution in [1.82, 2.24) is 9.80 Å². The molecule has 0 N–H and O–H groups in total. The molecule has 2 aliphatic rings. The summed E-state index contributed by atoms with van der Waals surface area (Å²) < 4.78 is 0. The van der Waals surface area contributed by atoms with Gasteiger partial charge >= 0.3 is 0 Å². The minimum absolute atomic E-state index is 0.0197. The Morgan fingerprint density at radius 1 is 1.19 bits per heavy atom. The van der Waals surface area contributed by atoms with Gasteiger partial charge in [-0.2, -0.15) is 0 Å². The molecule has 2 amide bonds. The molecular formula is C16H22N2O2S. The second-order valence-electron chi connectivity index (χ2n) is 6.14. The fourth-order valence-corrected chi connectivity index (χ4v) is 3.93. The Hall–Kier alpha value is -1.36. The summed E-state index contributed by atoms with van der Waals surface area (Å²) in [5.41, 5.74) is 0. The lowest BCUT2D eigenvalue weighted by atomic mass is 9.98. The van der Waals surface area contributed by atoms with Gasteiger partial charge in [0.15, 0.2) is 0 Å². The first-order chi connectivity index (χ1) is 10.2. The topological polar surface area (TPSA) is 40.6 Å². The zero-order valence-electron chi connectivity index (χ0n) is 12.5. The van der Waals surface area contributed by atoms with E-state index in [4.69, 9.17) is 0 Å². The number of nitrogens with zero attached hydrogens (tertiary/aromatic N) is 2. The third kappa shape index (κ3) is 2.98. The van der Waals surface area contributed by atoms with Gasteiger partial charge in [-0.15, -0.1) is 11.3 Å². The third-order valence-electron chi connectivity index (χ3n) is 4.63. The Morgan fingerprint density at radius 3 is 2.62 bits per heavy atom. The van der Waals surface area contributed by atoms with Gasteiger partial charge in [-0.25, -0.2) is 0 Å². The number of carbonyl (C=O) groups is 2. The molecular weight excluding hydrogens is 284 g/mol. The van der Waals surface area contributed by atoms with Crippen LogP contribution in [0.1, 0.15) is 42.3 Å². The molecule has 3 rings (SSSR count). The van der Waals surface area contributed by atoms with Crippen LogP contribution < -0.4 is 0 Å². The number of hydrogen-bond donors (Lipinski definition) is 0. The molecule has 1 aromatic rings. The van der Waals surface area contributed by atoms with Gasteiger partial charge in [0.25, 0.3) is 5.91 Å². The van der Waals surface area contributed by atoms with E-state index in [0.29, 0.717) is 12.5 Å². The van der Waals surface area contributed by atoms with Crippen LogP contribution >= 0.6 is 11.3 Å². The van der Waals surface area contributed by atoms with Crippen LogP contribution in [-0.2, 0) is 4.79 Å². The molecule has 0 saturated carbocycles. The summed E-state index contributed by atoms with van der Waals surface area (Å²) in [6.07, 6.45) is 3.90. The van der Waals surface area contributed by atoms with E-state index in [-0.39, 0.29) is 17.9 Å². The van der Waals surface area contributed by atoms with E-state index in [9.17, 15) is 9.59 Å². The molecule has 2 fully saturated rings. The second-order valence-corrected chi connectivity index (χ2v) is 7.09. The zero-order chi connectivity index (χ0) is 14.8. The van der Waals surface area contributed by atoms with Gasteiger partial charge in [-0.1, -0.05) is 13.0 Å². The largest absolute Gasteiger partial charge is 0.341 e. The Bertz CT molecular complexity index is 506. The van der Waals surface area contributed by atoms with Crippen molar-refractivity contribution in [3.63, 3.8) is 0 Å². The van der Waals surface area contributed by atoms with Crippen molar-refractivity contribution >= 4 is 23.2 Å². The van der Waals surface area contributed by atoms with Gasteiger partial charge in [0.1, 0.15) is 6.04 Å². The Morgan fingerprint density at radius 2 is 1.95 bits per heavy atom. The highest BCUT2D eigenvalue weighted by Crippen LogP contribution is 2.25. The molecule has 1 unspecified atom stereocenters. The molecule has 4 nitrogen and oxygen atoms in total. The predicted molar refractivity (Wildman–Crippen MR) is 83.4 cm³/mol. The van der Waals surface area contributed by atoms with Gasteiger partial charge < -0.3 is 9.80 Å². The monoisotopic (exact) mass is 306 g/mol. The Labute approximate surface area is 129 Å². The van der Waals surface area contributed by atoms with E-state index < -0.39 is 0 Å². The van der Waals surface area contributed by atoms with Crippen LogP contribution in [-0.4, -0.2) is 47.3 Å². The van der Waals surface area contributed by atoms with E-state index in [1.54, 1.807) is 4.90 Å². The van der Waals surface area contributed by atoms with Crippen molar-refractivity contribution in [2.45, 2.75) is 38.6 Å². The first-order valence-corrected chi connectivity index (χ1v) is 8.68. The van der Waals surface area contributed by atoms with Gasteiger partial charge in [-0.3, -0.25) is 9.59 Å². The van der Waals surface area contributed by atoms with Crippen molar-refractivity contribution in [1.29, 1.82) is 0 Å². The quantitative estimate of drug-likeness (QED) is 0.842. The summed E-state index contributed by atoms with van der Waals surface area (Å²) in [5.74, 6) is 0.886. The minimum Gasteiger partial charge on any atom is -0.341 e. The molecule has 21 heavy (non-hydrogen) atoms. The van der Waals surface area contributed by atoms with Crippen LogP contribution in [0.3, 0.4) is 0 Å². The number of thiophene rings is 1. The lowest BCUT2D eigenvalue weighted by Gasteiger charge is -2.34. The van der Waals surface area contributed by atoms with Crippen molar-refractivity contribution < 1.29 is 9.59 Å². The van der Waals surface area contributed by atoms with Crippen molar-refractivity contribution in [2.75, 3.05) is 19.6 Å². The lowest BCUT2D eigenvalue weighted by Crippen LogP contribution is -2.49. The van der Waals surface area contributed by atoms with Gasteiger partial charge in [0, 0.05) is 19.6 Å². The van der Waals surface area contributed by atoms with Crippen LogP contribution in [0.5, 0.6) is 0 Å². The van der Waals surface area contributed by atoms with Crippen molar-refractivity contribution in [2.24, 2.45) is 5.92 Å². The molecule has 0 spiro atoms. The molecule has 114 valence electrons. The summed E-state index contributed by atoms with van der Waals surface area (Å²) in [5, 5.41) is 1.91. The molecule has 0 aromatic carbocycles. The SMILES string of the molecule is CC1CCN(C(=O)C2CCCN2C(=O)c2cccs2)CC1. The first-order valence-electron chi connectivity index (χ1n) is 7.80. The highest BCUT2D eigenvalue weighted by molar-refractivity contribution is 7.12. The van der Waals surface area contributed by atoms with E-state index in [1.165, 1.54) is 11.3 Å². The summed E-state index contributed by atoms with van der Waals surface area (Å²) in [6.45, 7) is 4.64. The zero-order valence-corrected chi connectivity index (χ0v) is 13.3. The maximum absolute atomic E-state index is 12.7. The number of amides is 2. The van der Waals surface area contributed by atoms with Gasteiger partial charge in [0.2, 0.25) is 5.91 Å². The average molecular weight is 306 g/mol. The van der Waals surface area contributed by atoms with E-state index in [0.717, 1.165) is 43.6 Å². The van der Waals surface area contributed by atoms with Crippen LogP contribution in [0.4, 0.5) is 0 Å². The molecule has 0 bridgehead atoms. The smallest absolute Gasteiger partial charge is 0.264 e. The maximum Gasteiger partial charge on any atom is 0.264 e. The maximum atomic E-state index is 12.7. The summed E-state index contributed by atoms with van der Waals surface area (Å²) in [7, 11) is 0. The third-order valence-corrected chi connectivity index (χ3v) is 5.48. The summed E-state index contributed by atoms with van der Waals surface area (Å²) >= 11 is 1.45. The second kappa shape index (κ2) is 6.18. The molecule has 2 aliphatic heterocycles. The van der Waals surface area contributed by atoms with E-state index in [1.807, 2.05) is 22.4 Å². The fourth-order valence-electron chi connectivity index (χ4n) is 3.25. The van der Waals surface area contributed by atoms with Crippen LogP contribution in [0.2, 0.25) is 0 Å². The highest BCUT2D eigenvalue weighted by Gasteiger charge is 2.37. The molecule has 1 atom stereocenters. The fraction of sp³-hybridized carbons (Fsp3) is 0.625. The summed E-state index contributed by atoms with van der Waals surface area (Å²) in [6, 6.07) is 3.49. The minimum atomic E-state index is -0.243. The molecule has 5 heteroatoms. The number of likely N-dealkylation sites (tertiary alicyclic amines) is 2. The predicted octanol–water partition coefficient (Wildman–Crippen LogP) is 2.61. The number of carbonyl (C=O) groups excluding carboxylic acids is 2. The van der Waals surface area contributed by atoms with E-state index in [2.05, 4.69) is 6.92 Å². The van der Waals surface area contributed by atoms with Crippen LogP contribution in [0.25, 0.3) is 0 Å². The highest BCUT2D eigenvalue weighted by atomic mass is 32.1. The van der Waals surface area contributed by atoms with Crippen LogP contribution in [0.15, 0.2) is 17.5 Å². The number of rotatable bonds is 2. The molecule has 3 heterocycles. The lowest BCUT2D eigenvalue weighted by molar-refractivity contribution is -0.136. The number of piperidine rings is 1. The Balaban J connectivity index is 1.69. The molecule has 1 aromatic heterocycles. The first kappa shape index (κ1) is 14.6. The average Bonchev–Trinajstić information content (AvgIpc) is 3.18. The molecule has 0 aliphatic carbocycles. The van der Waals surface area contributed by atoms with Crippen LogP contribution in [0, 0.1) is 5.92 Å². The normalized spacial score (nSPS) is 23.6. The molecule has 0 radical (unpaired) electrons. The molecule has 2 saturated heterocycles. The van der Waals surface area contributed by atoms with Gasteiger partial charge in [0.05, 0.1) is 4.88 Å². The number of hydrogen-bond acceptors (Lipinski definition) is 3.